The van der Waals surface area contributed by atoms with Crippen molar-refractivity contribution in [1.29, 1.82) is 0 Å². The number of hydrogen-bond donors (Lipinski definition) is 1. The van der Waals surface area contributed by atoms with Crippen molar-refractivity contribution < 1.29 is 0 Å². The second-order valence-electron chi connectivity index (χ2n) is 3.58. The Bertz CT molecular complexity index is 154. The Kier molecular flexibility index (Phi) is 3.76. The van der Waals surface area contributed by atoms with Gasteiger partial charge in [0.1, 0.15) is 0 Å². The molecule has 2 heteroatoms. The van der Waals surface area contributed by atoms with Gasteiger partial charge in [0.25, 0.3) is 0 Å². The summed E-state index contributed by atoms with van der Waals surface area (Å²) in [5, 5.41) is 0. The molecule has 1 unspecified atom stereocenters. The molecule has 0 aromatic rings. The molecular formula is C10H20N2. The van der Waals surface area contributed by atoms with E-state index >= 15 is 0 Å². The molecular weight excluding hydrogens is 148 g/mol. The molecule has 1 fully saturated rings. The number of hydrogen-bond acceptors (Lipinski definition) is 2. The molecule has 0 aromatic heterocycles. The molecule has 70 valence electrons. The average molecular weight is 168 g/mol. The van der Waals surface area contributed by atoms with Gasteiger partial charge < -0.3 is 10.6 Å². The van der Waals surface area contributed by atoms with Crippen LogP contribution in [-0.2, 0) is 0 Å². The van der Waals surface area contributed by atoms with Crippen molar-refractivity contribution in [3.63, 3.8) is 0 Å². The molecule has 0 radical (unpaired) electrons. The summed E-state index contributed by atoms with van der Waals surface area (Å²) >= 11 is 0. The lowest BCUT2D eigenvalue weighted by atomic mass is 10.1. The standard InChI is InChI=1S/C10H20N2/c1-3-12-6-4-5-10(12)7-9(2)8-11/h10H,2-8,11H2,1H3. The van der Waals surface area contributed by atoms with Gasteiger partial charge in [0.2, 0.25) is 0 Å². The monoisotopic (exact) mass is 168 g/mol. The second-order valence-corrected chi connectivity index (χ2v) is 3.58. The van der Waals surface area contributed by atoms with Crippen LogP contribution in [0.2, 0.25) is 0 Å². The Morgan fingerprint density at radius 1 is 1.67 bits per heavy atom. The maximum Gasteiger partial charge on any atom is 0.0134 e. The quantitative estimate of drug-likeness (QED) is 0.642. The van der Waals surface area contributed by atoms with E-state index in [9.17, 15) is 0 Å². The van der Waals surface area contributed by atoms with Gasteiger partial charge in [-0.15, -0.1) is 0 Å². The Hall–Kier alpha value is -0.340. The first-order chi connectivity index (χ1) is 5.77. The smallest absolute Gasteiger partial charge is 0.0134 e. The van der Waals surface area contributed by atoms with Crippen LogP contribution in [0.15, 0.2) is 12.2 Å². The van der Waals surface area contributed by atoms with Crippen LogP contribution in [0.4, 0.5) is 0 Å². The summed E-state index contributed by atoms with van der Waals surface area (Å²) in [6.07, 6.45) is 3.77. The van der Waals surface area contributed by atoms with Crippen molar-refractivity contribution in [2.24, 2.45) is 5.73 Å². The zero-order valence-corrected chi connectivity index (χ0v) is 8.05. The first-order valence-electron chi connectivity index (χ1n) is 4.88. The largest absolute Gasteiger partial charge is 0.327 e. The zero-order valence-electron chi connectivity index (χ0n) is 8.05. The minimum atomic E-state index is 0.647. The fourth-order valence-corrected chi connectivity index (χ4v) is 1.96. The summed E-state index contributed by atoms with van der Waals surface area (Å²) in [5.74, 6) is 0. The fraction of sp³-hybridized carbons (Fsp3) is 0.800. The molecule has 1 aliphatic heterocycles. The Morgan fingerprint density at radius 2 is 2.42 bits per heavy atom. The summed E-state index contributed by atoms with van der Waals surface area (Å²) in [7, 11) is 0. The number of nitrogens with two attached hydrogens (primary N) is 1. The molecule has 0 spiro atoms. The van der Waals surface area contributed by atoms with E-state index in [2.05, 4.69) is 18.4 Å². The maximum atomic E-state index is 5.52. The number of rotatable bonds is 4. The van der Waals surface area contributed by atoms with Gasteiger partial charge in [-0.2, -0.15) is 0 Å². The van der Waals surface area contributed by atoms with E-state index in [0.29, 0.717) is 6.54 Å². The molecule has 12 heavy (non-hydrogen) atoms. The fourth-order valence-electron chi connectivity index (χ4n) is 1.96. The minimum absolute atomic E-state index is 0.647. The predicted octanol–water partition coefficient (Wildman–Crippen LogP) is 1.38. The third-order valence-corrected chi connectivity index (χ3v) is 2.72. The van der Waals surface area contributed by atoms with E-state index in [1.165, 1.54) is 31.5 Å². The highest BCUT2D eigenvalue weighted by atomic mass is 15.2. The predicted molar refractivity (Wildman–Crippen MR) is 53.1 cm³/mol. The summed E-state index contributed by atoms with van der Waals surface area (Å²) in [6.45, 7) is 9.26. The number of likely N-dealkylation sites (tertiary alicyclic amines) is 1. The van der Waals surface area contributed by atoms with Gasteiger partial charge in [0.15, 0.2) is 0 Å². The molecule has 0 aromatic carbocycles. The first kappa shape index (κ1) is 9.75. The third-order valence-electron chi connectivity index (χ3n) is 2.72. The highest BCUT2D eigenvalue weighted by Crippen LogP contribution is 2.21. The average Bonchev–Trinajstić information content (AvgIpc) is 2.51. The number of nitrogens with zero attached hydrogens (tertiary/aromatic N) is 1. The van der Waals surface area contributed by atoms with E-state index in [4.69, 9.17) is 5.73 Å². The van der Waals surface area contributed by atoms with E-state index in [1.54, 1.807) is 0 Å². The van der Waals surface area contributed by atoms with Crippen LogP contribution in [0.1, 0.15) is 26.2 Å². The van der Waals surface area contributed by atoms with Gasteiger partial charge in [0.05, 0.1) is 0 Å². The summed E-state index contributed by atoms with van der Waals surface area (Å²) in [5.41, 5.74) is 6.71. The van der Waals surface area contributed by atoms with Gasteiger partial charge in [-0.1, -0.05) is 19.1 Å². The van der Waals surface area contributed by atoms with E-state index < -0.39 is 0 Å². The van der Waals surface area contributed by atoms with Crippen LogP contribution in [-0.4, -0.2) is 30.6 Å². The molecule has 1 heterocycles. The molecule has 1 saturated heterocycles. The van der Waals surface area contributed by atoms with Crippen LogP contribution in [0.3, 0.4) is 0 Å². The van der Waals surface area contributed by atoms with Crippen molar-refractivity contribution >= 4 is 0 Å². The molecule has 0 bridgehead atoms. The van der Waals surface area contributed by atoms with Crippen molar-refractivity contribution in [2.45, 2.75) is 32.2 Å². The van der Waals surface area contributed by atoms with Crippen LogP contribution < -0.4 is 5.73 Å². The molecule has 1 rings (SSSR count). The second kappa shape index (κ2) is 4.63. The van der Waals surface area contributed by atoms with Gasteiger partial charge in [0, 0.05) is 12.6 Å². The third kappa shape index (κ3) is 2.32. The van der Waals surface area contributed by atoms with E-state index in [1.807, 2.05) is 0 Å². The van der Waals surface area contributed by atoms with Gasteiger partial charge in [-0.3, -0.25) is 0 Å². The highest BCUT2D eigenvalue weighted by molar-refractivity contribution is 5.00. The molecule has 1 aliphatic rings. The van der Waals surface area contributed by atoms with Gasteiger partial charge in [-0.05, 0) is 32.4 Å². The van der Waals surface area contributed by atoms with Crippen LogP contribution in [0.25, 0.3) is 0 Å². The van der Waals surface area contributed by atoms with Crippen molar-refractivity contribution in [2.75, 3.05) is 19.6 Å². The Balaban J connectivity index is 2.35. The normalized spacial score (nSPS) is 24.7. The van der Waals surface area contributed by atoms with E-state index in [0.717, 1.165) is 12.5 Å². The summed E-state index contributed by atoms with van der Waals surface area (Å²) < 4.78 is 0. The van der Waals surface area contributed by atoms with Crippen molar-refractivity contribution in [1.82, 2.24) is 4.90 Å². The minimum Gasteiger partial charge on any atom is -0.327 e. The lowest BCUT2D eigenvalue weighted by Crippen LogP contribution is -2.30. The van der Waals surface area contributed by atoms with E-state index in [-0.39, 0.29) is 0 Å². The first-order valence-corrected chi connectivity index (χ1v) is 4.88. The molecule has 0 amide bonds. The molecule has 1 atom stereocenters. The maximum absolute atomic E-state index is 5.52. The van der Waals surface area contributed by atoms with Crippen LogP contribution >= 0.6 is 0 Å². The van der Waals surface area contributed by atoms with Gasteiger partial charge in [-0.25, -0.2) is 0 Å². The Labute approximate surface area is 75.4 Å². The van der Waals surface area contributed by atoms with Crippen molar-refractivity contribution in [3.8, 4) is 0 Å². The summed E-state index contributed by atoms with van der Waals surface area (Å²) in [6, 6.07) is 0.728. The lowest BCUT2D eigenvalue weighted by molar-refractivity contribution is 0.265. The topological polar surface area (TPSA) is 29.3 Å². The zero-order chi connectivity index (χ0) is 8.97. The van der Waals surface area contributed by atoms with Crippen LogP contribution in [0, 0.1) is 0 Å². The van der Waals surface area contributed by atoms with Gasteiger partial charge >= 0.3 is 0 Å². The van der Waals surface area contributed by atoms with Crippen molar-refractivity contribution in [3.05, 3.63) is 12.2 Å². The Morgan fingerprint density at radius 3 is 3.00 bits per heavy atom. The SMILES string of the molecule is C=C(CN)CC1CCCN1CC. The molecule has 2 N–H and O–H groups in total. The molecule has 0 saturated carbocycles. The lowest BCUT2D eigenvalue weighted by Gasteiger charge is -2.23. The van der Waals surface area contributed by atoms with Crippen LogP contribution in [0.5, 0.6) is 0 Å². The molecule has 0 aliphatic carbocycles. The summed E-state index contributed by atoms with van der Waals surface area (Å²) in [4.78, 5) is 2.53. The highest BCUT2D eigenvalue weighted by Gasteiger charge is 2.22. The molecule has 2 nitrogen and oxygen atoms in total.